The third-order valence-electron chi connectivity index (χ3n) is 3.64. The van der Waals surface area contributed by atoms with Gasteiger partial charge in [0.2, 0.25) is 15.6 Å². The van der Waals surface area contributed by atoms with Crippen molar-refractivity contribution < 1.29 is 8.42 Å². The van der Waals surface area contributed by atoms with Crippen molar-refractivity contribution in [1.29, 1.82) is 0 Å². The van der Waals surface area contributed by atoms with Crippen LogP contribution in [0, 0.1) is 20.8 Å². The van der Waals surface area contributed by atoms with E-state index in [1.165, 1.54) is 6.07 Å². The highest BCUT2D eigenvalue weighted by Gasteiger charge is 2.19. The molecule has 0 saturated heterocycles. The molecule has 0 bridgehead atoms. The maximum Gasteiger partial charge on any atom is 0.250 e. The molecule has 1 N–H and O–H groups in total. The molecule has 2 rings (SSSR count). The maximum atomic E-state index is 12.5. The summed E-state index contributed by atoms with van der Waals surface area (Å²) in [5.41, 5.74) is 2.45. The molecule has 1 aromatic heterocycles. The van der Waals surface area contributed by atoms with Crippen LogP contribution in [-0.2, 0) is 16.6 Å². The highest BCUT2D eigenvalue weighted by atomic mass is 32.2. The summed E-state index contributed by atoms with van der Waals surface area (Å²) < 4.78 is 29.2. The molecule has 0 aliphatic carbocycles. The van der Waals surface area contributed by atoms with E-state index in [0.29, 0.717) is 17.9 Å². The van der Waals surface area contributed by atoms with Crippen LogP contribution in [0.3, 0.4) is 0 Å². The molecule has 5 nitrogen and oxygen atoms in total. The first-order valence-corrected chi connectivity index (χ1v) is 9.02. The number of sulfonamides is 1. The van der Waals surface area contributed by atoms with Crippen LogP contribution in [0.5, 0.6) is 0 Å². The summed E-state index contributed by atoms with van der Waals surface area (Å²) in [4.78, 5) is 11.9. The summed E-state index contributed by atoms with van der Waals surface area (Å²) in [6, 6.07) is 8.69. The zero-order valence-corrected chi connectivity index (χ0v) is 14.5. The molecule has 0 unspecified atom stereocenters. The Bertz CT molecular complexity index is 831. The van der Waals surface area contributed by atoms with Crippen molar-refractivity contribution in [3.63, 3.8) is 0 Å². The fraction of sp³-hybridized carbons (Fsp3) is 0.353. The molecule has 0 aliphatic heterocycles. The number of aromatic nitrogens is 1. The monoisotopic (exact) mass is 334 g/mol. The minimum atomic E-state index is -3.54. The number of pyridine rings is 1. The van der Waals surface area contributed by atoms with Gasteiger partial charge in [0.1, 0.15) is 0 Å². The molecule has 0 saturated carbocycles. The van der Waals surface area contributed by atoms with E-state index in [1.807, 2.05) is 19.1 Å². The van der Waals surface area contributed by atoms with Gasteiger partial charge in [-0.3, -0.25) is 4.79 Å². The van der Waals surface area contributed by atoms with Crippen LogP contribution in [0.2, 0.25) is 0 Å². The quantitative estimate of drug-likeness (QED) is 0.823. The summed E-state index contributed by atoms with van der Waals surface area (Å²) in [6.45, 7) is 6.32. The highest BCUT2D eigenvalue weighted by Crippen LogP contribution is 2.21. The second kappa shape index (κ2) is 7.10. The predicted molar refractivity (Wildman–Crippen MR) is 91.2 cm³/mol. The lowest BCUT2D eigenvalue weighted by molar-refractivity contribution is 0.565. The second-order valence-electron chi connectivity index (χ2n) is 5.71. The van der Waals surface area contributed by atoms with Gasteiger partial charge in [-0.15, -0.1) is 0 Å². The number of nitrogens with zero attached hydrogens (tertiary/aromatic N) is 1. The van der Waals surface area contributed by atoms with Crippen molar-refractivity contribution in [2.24, 2.45) is 0 Å². The van der Waals surface area contributed by atoms with Gasteiger partial charge < -0.3 is 4.57 Å². The Hall–Kier alpha value is -1.92. The molecule has 0 atom stereocenters. The standard InChI is InChI=1S/C17H22N2O3S/c1-13-11-14(2)17(15(3)12-13)23(21,22)18-8-6-10-19-9-5-4-7-16(19)20/h4-5,7,9,11-12,18H,6,8,10H2,1-3H3. The Morgan fingerprint density at radius 3 is 2.35 bits per heavy atom. The molecule has 0 aliphatic rings. The molecule has 1 heterocycles. The molecule has 0 radical (unpaired) electrons. The van der Waals surface area contributed by atoms with Crippen molar-refractivity contribution in [3.8, 4) is 0 Å². The Labute approximate surface area is 137 Å². The van der Waals surface area contributed by atoms with E-state index < -0.39 is 10.0 Å². The first kappa shape index (κ1) is 17.4. The van der Waals surface area contributed by atoms with Gasteiger partial charge in [-0.1, -0.05) is 23.8 Å². The zero-order valence-electron chi connectivity index (χ0n) is 13.7. The first-order valence-electron chi connectivity index (χ1n) is 7.54. The number of benzene rings is 1. The highest BCUT2D eigenvalue weighted by molar-refractivity contribution is 7.89. The SMILES string of the molecule is Cc1cc(C)c(S(=O)(=O)NCCCn2ccccc2=O)c(C)c1. The van der Waals surface area contributed by atoms with Gasteiger partial charge in [0, 0.05) is 25.4 Å². The molecule has 0 spiro atoms. The molecule has 1 aromatic carbocycles. The summed E-state index contributed by atoms with van der Waals surface area (Å²) in [7, 11) is -3.54. The lowest BCUT2D eigenvalue weighted by atomic mass is 10.1. The van der Waals surface area contributed by atoms with Crippen LogP contribution in [0.1, 0.15) is 23.1 Å². The van der Waals surface area contributed by atoms with Crippen molar-refractivity contribution >= 4 is 10.0 Å². The number of nitrogens with one attached hydrogen (secondary N) is 1. The van der Waals surface area contributed by atoms with Gasteiger partial charge in [-0.2, -0.15) is 0 Å². The van der Waals surface area contributed by atoms with Crippen LogP contribution in [0.4, 0.5) is 0 Å². The molecule has 6 heteroatoms. The summed E-state index contributed by atoms with van der Waals surface area (Å²) in [6.07, 6.45) is 2.25. The van der Waals surface area contributed by atoms with Crippen LogP contribution in [0.15, 0.2) is 46.2 Å². The van der Waals surface area contributed by atoms with Crippen molar-refractivity contribution in [2.75, 3.05) is 6.54 Å². The molecule has 23 heavy (non-hydrogen) atoms. The third-order valence-corrected chi connectivity index (χ3v) is 5.41. The lowest BCUT2D eigenvalue weighted by Gasteiger charge is -2.13. The van der Waals surface area contributed by atoms with Crippen LogP contribution >= 0.6 is 0 Å². The van der Waals surface area contributed by atoms with Crippen molar-refractivity contribution in [1.82, 2.24) is 9.29 Å². The minimum absolute atomic E-state index is 0.0828. The summed E-state index contributed by atoms with van der Waals surface area (Å²) >= 11 is 0. The van der Waals surface area contributed by atoms with E-state index in [2.05, 4.69) is 4.72 Å². The van der Waals surface area contributed by atoms with Crippen molar-refractivity contribution in [2.45, 2.75) is 38.6 Å². The maximum absolute atomic E-state index is 12.5. The van der Waals surface area contributed by atoms with Gasteiger partial charge in [0.05, 0.1) is 4.90 Å². The number of hydrogen-bond donors (Lipinski definition) is 1. The average molecular weight is 334 g/mol. The molecule has 0 amide bonds. The fourth-order valence-corrected chi connectivity index (χ4v) is 4.29. The summed E-state index contributed by atoms with van der Waals surface area (Å²) in [5.74, 6) is 0. The van der Waals surface area contributed by atoms with E-state index in [0.717, 1.165) is 16.7 Å². The smallest absolute Gasteiger partial charge is 0.250 e. The topological polar surface area (TPSA) is 68.2 Å². The molecular formula is C17H22N2O3S. The third kappa shape index (κ3) is 4.30. The number of hydrogen-bond acceptors (Lipinski definition) is 3. The fourth-order valence-electron chi connectivity index (χ4n) is 2.76. The predicted octanol–water partition coefficient (Wildman–Crippen LogP) is 2.14. The lowest BCUT2D eigenvalue weighted by Crippen LogP contribution is -2.28. The van der Waals surface area contributed by atoms with E-state index >= 15 is 0 Å². The molecule has 124 valence electrons. The molecular weight excluding hydrogens is 312 g/mol. The largest absolute Gasteiger partial charge is 0.315 e. The van der Waals surface area contributed by atoms with Crippen molar-refractivity contribution in [3.05, 3.63) is 63.6 Å². The van der Waals surface area contributed by atoms with Crippen LogP contribution in [0.25, 0.3) is 0 Å². The normalized spacial score (nSPS) is 11.6. The van der Waals surface area contributed by atoms with E-state index in [9.17, 15) is 13.2 Å². The van der Waals surface area contributed by atoms with Gasteiger partial charge in [-0.25, -0.2) is 13.1 Å². The second-order valence-corrected chi connectivity index (χ2v) is 7.42. The Morgan fingerprint density at radius 1 is 1.09 bits per heavy atom. The van der Waals surface area contributed by atoms with Gasteiger partial charge in [0.15, 0.2) is 0 Å². The van der Waals surface area contributed by atoms with Gasteiger partial charge in [-0.05, 0) is 44.4 Å². The first-order chi connectivity index (χ1) is 10.8. The van der Waals surface area contributed by atoms with E-state index in [1.54, 1.807) is 36.7 Å². The van der Waals surface area contributed by atoms with E-state index in [4.69, 9.17) is 0 Å². The van der Waals surface area contributed by atoms with Crippen LogP contribution < -0.4 is 10.3 Å². The number of rotatable bonds is 6. The Kier molecular flexibility index (Phi) is 5.38. The summed E-state index contributed by atoms with van der Waals surface area (Å²) in [5, 5.41) is 0. The number of aryl methyl sites for hydroxylation is 4. The zero-order chi connectivity index (χ0) is 17.0. The average Bonchev–Trinajstić information content (AvgIpc) is 2.43. The minimum Gasteiger partial charge on any atom is -0.315 e. The van der Waals surface area contributed by atoms with Crippen LogP contribution in [-0.4, -0.2) is 19.5 Å². The van der Waals surface area contributed by atoms with Gasteiger partial charge >= 0.3 is 0 Å². The Morgan fingerprint density at radius 2 is 1.74 bits per heavy atom. The van der Waals surface area contributed by atoms with Gasteiger partial charge in [0.25, 0.3) is 0 Å². The van der Waals surface area contributed by atoms with E-state index in [-0.39, 0.29) is 12.1 Å². The molecule has 0 fully saturated rings. The molecule has 2 aromatic rings. The Balaban J connectivity index is 2.03.